The van der Waals surface area contributed by atoms with Gasteiger partial charge in [0.25, 0.3) is 0 Å². The van der Waals surface area contributed by atoms with Crippen LogP contribution >= 0.6 is 11.5 Å². The predicted octanol–water partition coefficient (Wildman–Crippen LogP) is 1.83. The summed E-state index contributed by atoms with van der Waals surface area (Å²) in [6.45, 7) is 5.23. The van der Waals surface area contributed by atoms with Crippen molar-refractivity contribution in [2.24, 2.45) is 5.92 Å². The van der Waals surface area contributed by atoms with Crippen molar-refractivity contribution in [3.63, 3.8) is 0 Å². The lowest BCUT2D eigenvalue weighted by Gasteiger charge is -2.17. The highest BCUT2D eigenvalue weighted by molar-refractivity contribution is 7.08. The number of aliphatic hydroxyl groups is 1. The third kappa shape index (κ3) is 3.83. The van der Waals surface area contributed by atoms with Crippen LogP contribution < -0.4 is 14.8 Å². The summed E-state index contributed by atoms with van der Waals surface area (Å²) in [5, 5.41) is 13.1. The lowest BCUT2D eigenvalue weighted by atomic mass is 10.1. The molecule has 0 bridgehead atoms. The van der Waals surface area contributed by atoms with Crippen molar-refractivity contribution in [3.05, 3.63) is 5.56 Å². The zero-order valence-corrected chi connectivity index (χ0v) is 12.2. The van der Waals surface area contributed by atoms with Crippen molar-refractivity contribution in [1.82, 2.24) is 9.69 Å². The molecule has 0 saturated carbocycles. The Balaban J connectivity index is 2.65. The molecule has 0 radical (unpaired) electrons. The summed E-state index contributed by atoms with van der Waals surface area (Å²) in [6.07, 6.45) is 0.801. The summed E-state index contributed by atoms with van der Waals surface area (Å²) in [7, 11) is 3.25. The lowest BCUT2D eigenvalue weighted by molar-refractivity contribution is 0.258. The van der Waals surface area contributed by atoms with Crippen LogP contribution in [0, 0.1) is 5.92 Å². The average Bonchev–Trinajstić information content (AvgIpc) is 2.79. The molecule has 0 aromatic carbocycles. The first-order valence-electron chi connectivity index (χ1n) is 6.05. The second-order valence-corrected chi connectivity index (χ2v) is 5.08. The van der Waals surface area contributed by atoms with E-state index in [1.165, 1.54) is 11.5 Å². The molecular weight excluding hydrogens is 252 g/mol. The average molecular weight is 274 g/mol. The minimum Gasteiger partial charge on any atom is -0.486 e. The topological polar surface area (TPSA) is 63.6 Å². The molecule has 0 fully saturated rings. The zero-order chi connectivity index (χ0) is 13.5. The van der Waals surface area contributed by atoms with Crippen LogP contribution in [-0.2, 0) is 0 Å². The van der Waals surface area contributed by atoms with E-state index in [0.717, 1.165) is 23.6 Å². The first kappa shape index (κ1) is 15.2. The van der Waals surface area contributed by atoms with E-state index in [9.17, 15) is 0 Å². The van der Waals surface area contributed by atoms with Gasteiger partial charge in [0.05, 0.1) is 19.8 Å². The number of ether oxygens (including phenoxy) is 2. The molecule has 5 nitrogen and oxygen atoms in total. The Morgan fingerprint density at radius 2 is 2.06 bits per heavy atom. The molecule has 2 unspecified atom stereocenters. The largest absolute Gasteiger partial charge is 0.486 e. The number of nitrogens with one attached hydrogen (secondary N) is 1. The van der Waals surface area contributed by atoms with Gasteiger partial charge in [0.15, 0.2) is 0 Å². The molecule has 0 aliphatic carbocycles. The summed E-state index contributed by atoms with van der Waals surface area (Å²) < 4.78 is 14.7. The summed E-state index contributed by atoms with van der Waals surface area (Å²) in [5.74, 6) is 1.05. The van der Waals surface area contributed by atoms with Gasteiger partial charge in [-0.15, -0.1) is 0 Å². The fourth-order valence-electron chi connectivity index (χ4n) is 1.73. The Hall–Kier alpha value is -0.850. The molecule has 2 atom stereocenters. The number of rotatable bonds is 8. The zero-order valence-electron chi connectivity index (χ0n) is 11.4. The van der Waals surface area contributed by atoms with Gasteiger partial charge < -0.3 is 19.9 Å². The number of hydrogen-bond donors (Lipinski definition) is 2. The lowest BCUT2D eigenvalue weighted by Crippen LogP contribution is -2.25. The van der Waals surface area contributed by atoms with Crippen LogP contribution in [0.4, 0.5) is 0 Å². The molecule has 18 heavy (non-hydrogen) atoms. The van der Waals surface area contributed by atoms with Crippen LogP contribution in [-0.4, -0.2) is 36.9 Å². The maximum Gasteiger partial charge on any atom is 0.233 e. The molecule has 104 valence electrons. The van der Waals surface area contributed by atoms with Crippen molar-refractivity contribution < 1.29 is 14.6 Å². The smallest absolute Gasteiger partial charge is 0.233 e. The van der Waals surface area contributed by atoms with Gasteiger partial charge in [0.2, 0.25) is 10.9 Å². The number of hydrogen-bond acceptors (Lipinski definition) is 6. The summed E-state index contributed by atoms with van der Waals surface area (Å²) in [5.41, 5.74) is 0.959. The number of nitrogens with zero attached hydrogens (tertiary/aromatic N) is 1. The molecule has 1 heterocycles. The van der Waals surface area contributed by atoms with Crippen molar-refractivity contribution >= 4 is 11.5 Å². The van der Waals surface area contributed by atoms with E-state index < -0.39 is 0 Å². The normalized spacial score (nSPS) is 14.3. The van der Waals surface area contributed by atoms with Gasteiger partial charge in [-0.25, -0.2) is 0 Å². The molecule has 0 aliphatic rings. The summed E-state index contributed by atoms with van der Waals surface area (Å²) in [6, 6.07) is 0.106. The maximum atomic E-state index is 8.87. The standard InChI is InChI=1S/C12H22N2O3S/c1-8(5-6-15)7-13-9(2)10-11(16-3)14-18-12(10)17-4/h8-9,13,15H,5-7H2,1-4H3. The van der Waals surface area contributed by atoms with Gasteiger partial charge >= 0.3 is 0 Å². The van der Waals surface area contributed by atoms with Crippen molar-refractivity contribution in [2.45, 2.75) is 26.3 Å². The number of aliphatic hydroxyl groups excluding tert-OH is 1. The Morgan fingerprint density at radius 1 is 1.33 bits per heavy atom. The van der Waals surface area contributed by atoms with Gasteiger partial charge in [-0.05, 0) is 25.8 Å². The number of methoxy groups -OCH3 is 2. The van der Waals surface area contributed by atoms with Gasteiger partial charge in [-0.2, -0.15) is 4.37 Å². The molecule has 0 spiro atoms. The van der Waals surface area contributed by atoms with Crippen LogP contribution in [0.15, 0.2) is 0 Å². The highest BCUT2D eigenvalue weighted by Gasteiger charge is 2.21. The minimum absolute atomic E-state index is 0.106. The van der Waals surface area contributed by atoms with Crippen molar-refractivity contribution in [1.29, 1.82) is 0 Å². The van der Waals surface area contributed by atoms with Gasteiger partial charge in [-0.1, -0.05) is 6.92 Å². The van der Waals surface area contributed by atoms with Crippen molar-refractivity contribution in [3.8, 4) is 10.9 Å². The second-order valence-electron chi connectivity index (χ2n) is 4.34. The molecule has 0 aliphatic heterocycles. The molecule has 1 rings (SSSR count). The van der Waals surface area contributed by atoms with E-state index >= 15 is 0 Å². The van der Waals surface area contributed by atoms with E-state index in [-0.39, 0.29) is 12.6 Å². The molecule has 0 amide bonds. The summed E-state index contributed by atoms with van der Waals surface area (Å²) in [4.78, 5) is 0. The van der Waals surface area contributed by atoms with E-state index in [1.54, 1.807) is 14.2 Å². The first-order valence-corrected chi connectivity index (χ1v) is 6.83. The Morgan fingerprint density at radius 3 is 2.61 bits per heavy atom. The first-order chi connectivity index (χ1) is 8.63. The van der Waals surface area contributed by atoms with Crippen LogP contribution in [0.2, 0.25) is 0 Å². The fourth-order valence-corrected chi connectivity index (χ4v) is 2.50. The summed E-state index contributed by atoms with van der Waals surface area (Å²) >= 11 is 1.30. The molecule has 0 saturated heterocycles. The van der Waals surface area contributed by atoms with E-state index in [0.29, 0.717) is 11.8 Å². The third-order valence-corrected chi connectivity index (χ3v) is 3.68. The fraction of sp³-hybridized carbons (Fsp3) is 0.750. The number of aromatic nitrogens is 1. The quantitative estimate of drug-likeness (QED) is 0.757. The van der Waals surface area contributed by atoms with E-state index in [2.05, 4.69) is 23.5 Å². The van der Waals surface area contributed by atoms with Gasteiger partial charge in [0.1, 0.15) is 0 Å². The molecule has 1 aromatic heterocycles. The highest BCUT2D eigenvalue weighted by atomic mass is 32.1. The monoisotopic (exact) mass is 274 g/mol. The Bertz CT molecular complexity index is 336. The predicted molar refractivity (Wildman–Crippen MR) is 72.5 cm³/mol. The maximum absolute atomic E-state index is 8.87. The molecule has 1 aromatic rings. The van der Waals surface area contributed by atoms with E-state index in [4.69, 9.17) is 14.6 Å². The Kier molecular flexibility index (Phi) is 6.38. The van der Waals surface area contributed by atoms with Crippen LogP contribution in [0.1, 0.15) is 31.9 Å². The molecular formula is C12H22N2O3S. The van der Waals surface area contributed by atoms with E-state index in [1.807, 2.05) is 0 Å². The SMILES string of the molecule is COc1nsc(OC)c1C(C)NCC(C)CCO. The van der Waals surface area contributed by atoms with Crippen LogP contribution in [0.25, 0.3) is 0 Å². The van der Waals surface area contributed by atoms with Crippen LogP contribution in [0.5, 0.6) is 10.9 Å². The van der Waals surface area contributed by atoms with Gasteiger partial charge in [0, 0.05) is 24.2 Å². The van der Waals surface area contributed by atoms with Gasteiger partial charge in [-0.3, -0.25) is 0 Å². The highest BCUT2D eigenvalue weighted by Crippen LogP contribution is 2.37. The molecule has 2 N–H and O–H groups in total. The van der Waals surface area contributed by atoms with Crippen LogP contribution in [0.3, 0.4) is 0 Å². The minimum atomic E-state index is 0.106. The second kappa shape index (κ2) is 7.56. The third-order valence-electron chi connectivity index (χ3n) is 2.87. The molecule has 6 heteroatoms. The van der Waals surface area contributed by atoms with Crippen molar-refractivity contribution in [2.75, 3.05) is 27.4 Å². The Labute approximate surface area is 112 Å².